The zero-order valence-electron chi connectivity index (χ0n) is 23.2. The molecule has 12 heteroatoms. The van der Waals surface area contributed by atoms with Crippen LogP contribution in [0, 0.1) is 5.82 Å². The zero-order valence-corrected chi connectivity index (χ0v) is 23.2. The molecule has 6 heterocycles. The molecule has 0 aromatic carbocycles. The second-order valence-electron chi connectivity index (χ2n) is 10.6. The number of hydrogen-bond acceptors (Lipinski definition) is 8. The fourth-order valence-corrected chi connectivity index (χ4v) is 5.55. The molecular weight excluding hydrogens is 525 g/mol. The van der Waals surface area contributed by atoms with Crippen molar-refractivity contribution in [2.24, 2.45) is 0 Å². The van der Waals surface area contributed by atoms with Gasteiger partial charge in [0.05, 0.1) is 28.7 Å². The van der Waals surface area contributed by atoms with Crippen LogP contribution in [0.5, 0.6) is 0 Å². The number of anilines is 1. The highest BCUT2D eigenvalue weighted by Crippen LogP contribution is 2.32. The van der Waals surface area contributed by atoms with Crippen molar-refractivity contribution in [3.05, 3.63) is 82.6 Å². The van der Waals surface area contributed by atoms with Gasteiger partial charge in [-0.2, -0.15) is 9.67 Å². The van der Waals surface area contributed by atoms with Crippen LogP contribution in [0.2, 0.25) is 0 Å². The second kappa shape index (κ2) is 10.3. The number of hydrogen-bond donors (Lipinski definition) is 0. The summed E-state index contributed by atoms with van der Waals surface area (Å²) in [7, 11) is 0. The lowest BCUT2D eigenvalue weighted by molar-refractivity contribution is -0.126. The van der Waals surface area contributed by atoms with Gasteiger partial charge >= 0.3 is 5.69 Å². The quantitative estimate of drug-likeness (QED) is 0.280. The van der Waals surface area contributed by atoms with Crippen molar-refractivity contribution in [1.29, 1.82) is 0 Å². The van der Waals surface area contributed by atoms with Crippen molar-refractivity contribution >= 4 is 22.8 Å². The van der Waals surface area contributed by atoms with Gasteiger partial charge in [-0.3, -0.25) is 9.78 Å². The third-order valence-electron chi connectivity index (χ3n) is 7.56. The molecule has 1 fully saturated rings. The number of carbonyl (C=O) groups excluding carboxylic acids is 1. The third kappa shape index (κ3) is 4.58. The van der Waals surface area contributed by atoms with E-state index in [0.717, 1.165) is 5.56 Å². The fourth-order valence-electron chi connectivity index (χ4n) is 5.55. The molecule has 1 saturated heterocycles. The first-order chi connectivity index (χ1) is 19.8. The molecule has 0 saturated carbocycles. The van der Waals surface area contributed by atoms with E-state index in [1.807, 2.05) is 43.9 Å². The number of fused-ring (bicyclic) bond motifs is 6. The van der Waals surface area contributed by atoms with Gasteiger partial charge < -0.3 is 9.80 Å². The molecule has 4 aromatic heterocycles. The van der Waals surface area contributed by atoms with Crippen LogP contribution < -0.4 is 10.6 Å². The first kappa shape index (κ1) is 26.5. The van der Waals surface area contributed by atoms with E-state index in [2.05, 4.69) is 26.9 Å². The first-order valence-electron chi connectivity index (χ1n) is 13.6. The SMILES string of the molecule is C=CC(=O)N1CCN(c2nc(=O)n3c4nc(c(F)cc24)-n2cc(nn2)C/C=C\Cc2ccnc(C(C)C)c2-3)[C@@H](C)C1. The molecule has 41 heavy (non-hydrogen) atoms. The summed E-state index contributed by atoms with van der Waals surface area (Å²) in [5, 5.41) is 8.65. The lowest BCUT2D eigenvalue weighted by Gasteiger charge is -2.40. The number of amides is 1. The number of rotatable bonds is 3. The van der Waals surface area contributed by atoms with Crippen LogP contribution in [0.3, 0.4) is 0 Å². The molecular formula is C29H30FN9O2. The van der Waals surface area contributed by atoms with Gasteiger partial charge in [0.2, 0.25) is 5.91 Å². The Morgan fingerprint density at radius 1 is 1.17 bits per heavy atom. The van der Waals surface area contributed by atoms with Crippen LogP contribution in [0.4, 0.5) is 10.2 Å². The number of halogens is 1. The molecule has 0 radical (unpaired) electrons. The molecule has 1 atom stereocenters. The summed E-state index contributed by atoms with van der Waals surface area (Å²) in [6, 6.07) is 3.04. The van der Waals surface area contributed by atoms with Gasteiger partial charge in [0.1, 0.15) is 5.82 Å². The van der Waals surface area contributed by atoms with Gasteiger partial charge in [0.15, 0.2) is 17.3 Å². The van der Waals surface area contributed by atoms with E-state index < -0.39 is 11.5 Å². The number of allylic oxidation sites excluding steroid dienone is 2. The minimum absolute atomic E-state index is 0.0147. The topological polar surface area (TPSA) is 115 Å². The van der Waals surface area contributed by atoms with Crippen LogP contribution in [0.15, 0.2) is 54.1 Å². The van der Waals surface area contributed by atoms with Gasteiger partial charge in [-0.1, -0.05) is 37.8 Å². The summed E-state index contributed by atoms with van der Waals surface area (Å²) >= 11 is 0. The predicted octanol–water partition coefficient (Wildman–Crippen LogP) is 2.90. The molecule has 2 aliphatic heterocycles. The van der Waals surface area contributed by atoms with Crippen molar-refractivity contribution < 1.29 is 9.18 Å². The van der Waals surface area contributed by atoms with E-state index in [1.165, 1.54) is 21.4 Å². The van der Waals surface area contributed by atoms with E-state index in [9.17, 15) is 9.59 Å². The molecule has 210 valence electrons. The number of piperazine rings is 1. The maximum Gasteiger partial charge on any atom is 0.355 e. The van der Waals surface area contributed by atoms with Crippen LogP contribution in [0.1, 0.15) is 43.6 Å². The third-order valence-corrected chi connectivity index (χ3v) is 7.56. The summed E-state index contributed by atoms with van der Waals surface area (Å²) in [5.74, 6) is -0.561. The van der Waals surface area contributed by atoms with Crippen molar-refractivity contribution in [2.75, 3.05) is 24.5 Å². The Morgan fingerprint density at radius 3 is 2.73 bits per heavy atom. The fraction of sp³-hybridized carbons (Fsp3) is 0.345. The van der Waals surface area contributed by atoms with Gasteiger partial charge in [-0.05, 0) is 43.0 Å². The maximum atomic E-state index is 15.8. The van der Waals surface area contributed by atoms with Gasteiger partial charge in [0.25, 0.3) is 0 Å². The average Bonchev–Trinajstić information content (AvgIpc) is 3.43. The first-order valence-corrected chi connectivity index (χ1v) is 13.6. The van der Waals surface area contributed by atoms with Crippen LogP contribution >= 0.6 is 0 Å². The van der Waals surface area contributed by atoms with Crippen molar-refractivity contribution in [1.82, 2.24) is 39.4 Å². The van der Waals surface area contributed by atoms with Crippen molar-refractivity contribution in [3.8, 4) is 11.5 Å². The van der Waals surface area contributed by atoms with Crippen LogP contribution in [-0.4, -0.2) is 71.0 Å². The highest BCUT2D eigenvalue weighted by Gasteiger charge is 2.31. The molecule has 2 aliphatic rings. The van der Waals surface area contributed by atoms with Gasteiger partial charge in [0, 0.05) is 38.3 Å². The number of pyridine rings is 2. The Kier molecular flexibility index (Phi) is 6.68. The van der Waals surface area contributed by atoms with Crippen molar-refractivity contribution in [2.45, 2.75) is 45.6 Å². The standard InChI is InChI=1S/C29H30FN9O2/c1-5-23(40)36-12-13-37(18(4)15-36)26-21-14-22(30)28-32-27(21)39(29(41)33-26)25-19(10-11-31-24(25)17(2)3)8-6-7-9-20-16-38(28)35-34-20/h5-7,10-11,14,16-18H,1,8-9,12-13,15H2,2-4H3/b7-6-/t18-/m0/s1. The molecule has 0 spiro atoms. The van der Waals surface area contributed by atoms with E-state index in [4.69, 9.17) is 4.98 Å². The van der Waals surface area contributed by atoms with E-state index in [0.29, 0.717) is 60.8 Å². The Balaban J connectivity index is 1.65. The molecule has 1 amide bonds. The van der Waals surface area contributed by atoms with Crippen molar-refractivity contribution in [3.63, 3.8) is 0 Å². The normalized spacial score (nSPS) is 17.6. The highest BCUT2D eigenvalue weighted by molar-refractivity contribution is 5.90. The van der Waals surface area contributed by atoms with Crippen LogP contribution in [0.25, 0.3) is 22.5 Å². The smallest absolute Gasteiger partial charge is 0.350 e. The van der Waals surface area contributed by atoms with Gasteiger partial charge in [-0.25, -0.2) is 18.7 Å². The Hall–Kier alpha value is -4.74. The average molecular weight is 556 g/mol. The number of aromatic nitrogens is 7. The summed E-state index contributed by atoms with van der Waals surface area (Å²) in [4.78, 5) is 43.8. The van der Waals surface area contributed by atoms with E-state index in [-0.39, 0.29) is 29.3 Å². The number of carbonyl (C=O) groups is 1. The number of nitrogens with zero attached hydrogens (tertiary/aromatic N) is 9. The van der Waals surface area contributed by atoms with E-state index in [1.54, 1.807) is 17.3 Å². The summed E-state index contributed by atoms with van der Waals surface area (Å²) in [5.41, 5.74) is 2.53. The summed E-state index contributed by atoms with van der Waals surface area (Å²) in [6.45, 7) is 10.8. The molecule has 0 aliphatic carbocycles. The Labute approximate surface area is 235 Å². The molecule has 4 aromatic rings. The minimum Gasteiger partial charge on any atom is -0.350 e. The van der Waals surface area contributed by atoms with E-state index >= 15 is 4.39 Å². The second-order valence-corrected chi connectivity index (χ2v) is 10.6. The summed E-state index contributed by atoms with van der Waals surface area (Å²) in [6.07, 6.45) is 9.70. The lowest BCUT2D eigenvalue weighted by Crippen LogP contribution is -2.54. The highest BCUT2D eigenvalue weighted by atomic mass is 19.1. The minimum atomic E-state index is -0.628. The maximum absolute atomic E-state index is 15.8. The van der Waals surface area contributed by atoms with Gasteiger partial charge in [-0.15, -0.1) is 5.10 Å². The largest absolute Gasteiger partial charge is 0.355 e. The predicted molar refractivity (Wildman–Crippen MR) is 152 cm³/mol. The molecule has 0 unspecified atom stereocenters. The lowest BCUT2D eigenvalue weighted by atomic mass is 10.0. The molecule has 4 bridgehead atoms. The Morgan fingerprint density at radius 2 is 1.98 bits per heavy atom. The molecule has 0 N–H and O–H groups in total. The molecule has 6 rings (SSSR count). The monoisotopic (exact) mass is 555 g/mol. The molecule has 11 nitrogen and oxygen atoms in total. The summed E-state index contributed by atoms with van der Waals surface area (Å²) < 4.78 is 18.6. The Bertz CT molecular complexity index is 1770. The van der Waals surface area contributed by atoms with Crippen LogP contribution in [-0.2, 0) is 17.6 Å². The zero-order chi connectivity index (χ0) is 28.8.